The number of hydrazine groups is 1. The second-order valence-electron chi connectivity index (χ2n) is 4.20. The van der Waals surface area contributed by atoms with Crippen molar-refractivity contribution >= 4 is 11.6 Å². The fourth-order valence-corrected chi connectivity index (χ4v) is 2.10. The van der Waals surface area contributed by atoms with Crippen molar-refractivity contribution in [2.24, 2.45) is 5.84 Å². The van der Waals surface area contributed by atoms with Crippen LogP contribution in [0.1, 0.15) is 22.9 Å². The monoisotopic (exact) mass is 277 g/mol. The maximum atomic E-state index is 6.16. The Kier molecular flexibility index (Phi) is 4.37. The highest BCUT2D eigenvalue weighted by Gasteiger charge is 2.18. The average molecular weight is 278 g/mol. The van der Waals surface area contributed by atoms with E-state index in [1.165, 1.54) is 0 Å². The lowest BCUT2D eigenvalue weighted by atomic mass is 10.0. The molecule has 1 aromatic heterocycles. The predicted molar refractivity (Wildman–Crippen MR) is 76.1 cm³/mol. The molecule has 0 aliphatic heterocycles. The molecular formula is C14H16ClN3O. The van der Waals surface area contributed by atoms with Gasteiger partial charge in [0, 0.05) is 11.2 Å². The van der Waals surface area contributed by atoms with Gasteiger partial charge in [0.2, 0.25) is 0 Å². The van der Waals surface area contributed by atoms with Crippen molar-refractivity contribution in [1.82, 2.24) is 10.4 Å². The zero-order chi connectivity index (χ0) is 13.8. The van der Waals surface area contributed by atoms with Crippen LogP contribution in [0.4, 0.5) is 0 Å². The van der Waals surface area contributed by atoms with E-state index < -0.39 is 0 Å². The Morgan fingerprint density at radius 3 is 2.79 bits per heavy atom. The van der Waals surface area contributed by atoms with Crippen LogP contribution in [0.2, 0.25) is 5.02 Å². The highest BCUT2D eigenvalue weighted by Crippen LogP contribution is 2.29. The number of nitrogens with zero attached hydrogens (tertiary/aromatic N) is 1. The molecular weight excluding hydrogens is 262 g/mol. The van der Waals surface area contributed by atoms with Crippen LogP contribution in [-0.4, -0.2) is 12.1 Å². The number of halogens is 1. The summed E-state index contributed by atoms with van der Waals surface area (Å²) in [6.07, 6.45) is 1.71. The SMILES string of the molecule is COc1cccnc1C(NN)c1ccc(C)c(Cl)c1. The van der Waals surface area contributed by atoms with Gasteiger partial charge in [0.15, 0.2) is 0 Å². The summed E-state index contributed by atoms with van der Waals surface area (Å²) in [6.45, 7) is 1.96. The number of methoxy groups -OCH3 is 1. The molecule has 4 nitrogen and oxygen atoms in total. The summed E-state index contributed by atoms with van der Waals surface area (Å²) in [7, 11) is 1.61. The third-order valence-corrected chi connectivity index (χ3v) is 3.40. The molecule has 0 spiro atoms. The Morgan fingerprint density at radius 1 is 1.37 bits per heavy atom. The molecule has 0 fully saturated rings. The lowest BCUT2D eigenvalue weighted by molar-refractivity contribution is 0.400. The summed E-state index contributed by atoms with van der Waals surface area (Å²) in [6, 6.07) is 9.21. The van der Waals surface area contributed by atoms with E-state index in [1.807, 2.05) is 37.3 Å². The zero-order valence-electron chi connectivity index (χ0n) is 10.9. The van der Waals surface area contributed by atoms with Gasteiger partial charge in [-0.05, 0) is 36.2 Å². The van der Waals surface area contributed by atoms with Gasteiger partial charge in [-0.2, -0.15) is 0 Å². The molecule has 3 N–H and O–H groups in total. The number of nitrogens with one attached hydrogen (secondary N) is 1. The van der Waals surface area contributed by atoms with Gasteiger partial charge >= 0.3 is 0 Å². The molecule has 0 bridgehead atoms. The lowest BCUT2D eigenvalue weighted by Crippen LogP contribution is -2.29. The maximum absolute atomic E-state index is 6.16. The minimum Gasteiger partial charge on any atom is -0.495 e. The van der Waals surface area contributed by atoms with E-state index in [9.17, 15) is 0 Å². The van der Waals surface area contributed by atoms with Gasteiger partial charge in [-0.15, -0.1) is 0 Å². The second kappa shape index (κ2) is 6.02. The van der Waals surface area contributed by atoms with Crippen LogP contribution in [0.5, 0.6) is 5.75 Å². The second-order valence-corrected chi connectivity index (χ2v) is 4.61. The molecule has 1 heterocycles. The van der Waals surface area contributed by atoms with Crippen molar-refractivity contribution in [3.63, 3.8) is 0 Å². The Balaban J connectivity index is 2.46. The highest BCUT2D eigenvalue weighted by molar-refractivity contribution is 6.31. The lowest BCUT2D eigenvalue weighted by Gasteiger charge is -2.18. The molecule has 0 saturated heterocycles. The molecule has 100 valence electrons. The van der Waals surface area contributed by atoms with Crippen molar-refractivity contribution in [2.45, 2.75) is 13.0 Å². The average Bonchev–Trinajstić information content (AvgIpc) is 2.44. The van der Waals surface area contributed by atoms with Crippen LogP contribution in [0, 0.1) is 6.92 Å². The minimum absolute atomic E-state index is 0.269. The molecule has 1 aromatic carbocycles. The fourth-order valence-electron chi connectivity index (χ4n) is 1.91. The van der Waals surface area contributed by atoms with Crippen LogP contribution in [0.15, 0.2) is 36.5 Å². The molecule has 0 aliphatic carbocycles. The molecule has 2 rings (SSSR count). The number of nitrogens with two attached hydrogens (primary N) is 1. The number of benzene rings is 1. The van der Waals surface area contributed by atoms with E-state index in [0.29, 0.717) is 10.8 Å². The summed E-state index contributed by atoms with van der Waals surface area (Å²) in [4.78, 5) is 4.34. The minimum atomic E-state index is -0.269. The quantitative estimate of drug-likeness (QED) is 0.666. The van der Waals surface area contributed by atoms with Gasteiger partial charge in [0.25, 0.3) is 0 Å². The molecule has 0 aliphatic rings. The van der Waals surface area contributed by atoms with Gasteiger partial charge in [-0.25, -0.2) is 5.43 Å². The zero-order valence-corrected chi connectivity index (χ0v) is 11.6. The molecule has 0 saturated carbocycles. The van der Waals surface area contributed by atoms with E-state index in [0.717, 1.165) is 16.8 Å². The molecule has 19 heavy (non-hydrogen) atoms. The summed E-state index contributed by atoms with van der Waals surface area (Å²) in [5.41, 5.74) is 5.45. The van der Waals surface area contributed by atoms with Crippen molar-refractivity contribution in [2.75, 3.05) is 7.11 Å². The van der Waals surface area contributed by atoms with E-state index in [-0.39, 0.29) is 6.04 Å². The van der Waals surface area contributed by atoms with Crippen molar-refractivity contribution < 1.29 is 4.74 Å². The Morgan fingerprint density at radius 2 is 2.16 bits per heavy atom. The van der Waals surface area contributed by atoms with Gasteiger partial charge in [-0.3, -0.25) is 10.8 Å². The van der Waals surface area contributed by atoms with Crippen LogP contribution in [-0.2, 0) is 0 Å². The van der Waals surface area contributed by atoms with Crippen LogP contribution in [0.3, 0.4) is 0 Å². The van der Waals surface area contributed by atoms with Crippen LogP contribution >= 0.6 is 11.6 Å². The van der Waals surface area contributed by atoms with Crippen molar-refractivity contribution in [3.05, 3.63) is 58.4 Å². The topological polar surface area (TPSA) is 60.2 Å². The van der Waals surface area contributed by atoms with Gasteiger partial charge in [0.05, 0.1) is 13.2 Å². The number of rotatable bonds is 4. The van der Waals surface area contributed by atoms with Crippen molar-refractivity contribution in [1.29, 1.82) is 0 Å². The van der Waals surface area contributed by atoms with E-state index >= 15 is 0 Å². The standard InChI is InChI=1S/C14H16ClN3O/c1-9-5-6-10(8-11(9)15)13(18-16)14-12(19-2)4-3-7-17-14/h3-8,13,18H,16H2,1-2H3. The molecule has 1 unspecified atom stereocenters. The predicted octanol–water partition coefficient (Wildman–Crippen LogP) is 2.60. The third-order valence-electron chi connectivity index (χ3n) is 2.99. The number of pyridine rings is 1. The van der Waals surface area contributed by atoms with E-state index in [1.54, 1.807) is 13.3 Å². The van der Waals surface area contributed by atoms with Crippen LogP contribution < -0.4 is 16.0 Å². The largest absolute Gasteiger partial charge is 0.495 e. The number of aryl methyl sites for hydroxylation is 1. The first-order valence-electron chi connectivity index (χ1n) is 5.88. The summed E-state index contributed by atoms with van der Waals surface area (Å²) < 4.78 is 5.31. The molecule has 0 radical (unpaired) electrons. The number of ether oxygens (including phenoxy) is 1. The number of hydrogen-bond acceptors (Lipinski definition) is 4. The summed E-state index contributed by atoms with van der Waals surface area (Å²) in [5.74, 6) is 6.34. The van der Waals surface area contributed by atoms with Crippen molar-refractivity contribution in [3.8, 4) is 5.75 Å². The first-order chi connectivity index (χ1) is 9.17. The Bertz CT molecular complexity index is 574. The van der Waals surface area contributed by atoms with Crippen LogP contribution in [0.25, 0.3) is 0 Å². The maximum Gasteiger partial charge on any atom is 0.142 e. The molecule has 1 atom stereocenters. The first kappa shape index (κ1) is 13.8. The van der Waals surface area contributed by atoms with Gasteiger partial charge in [0.1, 0.15) is 11.4 Å². The third kappa shape index (κ3) is 2.87. The molecule has 5 heteroatoms. The normalized spacial score (nSPS) is 12.2. The molecule has 2 aromatic rings. The van der Waals surface area contributed by atoms with E-state index in [2.05, 4.69) is 10.4 Å². The fraction of sp³-hybridized carbons (Fsp3) is 0.214. The Labute approximate surface area is 117 Å². The van der Waals surface area contributed by atoms with Gasteiger partial charge in [-0.1, -0.05) is 23.7 Å². The van der Waals surface area contributed by atoms with Gasteiger partial charge < -0.3 is 4.74 Å². The summed E-state index contributed by atoms with van der Waals surface area (Å²) in [5, 5.41) is 0.702. The highest BCUT2D eigenvalue weighted by atomic mass is 35.5. The number of hydrogen-bond donors (Lipinski definition) is 2. The molecule has 0 amide bonds. The first-order valence-corrected chi connectivity index (χ1v) is 6.26. The summed E-state index contributed by atoms with van der Waals surface area (Å²) >= 11 is 6.16. The smallest absolute Gasteiger partial charge is 0.142 e. The van der Waals surface area contributed by atoms with E-state index in [4.69, 9.17) is 22.2 Å². The Hall–Kier alpha value is -1.62. The number of aromatic nitrogens is 1.